The summed E-state index contributed by atoms with van der Waals surface area (Å²) in [7, 11) is -2.80. The van der Waals surface area contributed by atoms with Gasteiger partial charge in [0.25, 0.3) is 0 Å². The minimum atomic E-state index is -0.974. The fraction of sp³-hybridized carbons (Fsp3) is 0.250. The summed E-state index contributed by atoms with van der Waals surface area (Å²) in [4.78, 5) is 0. The zero-order chi connectivity index (χ0) is 39.8. The van der Waals surface area contributed by atoms with Crippen molar-refractivity contribution in [3.8, 4) is 0 Å². The second-order valence-corrected chi connectivity index (χ2v) is 23.7. The zero-order valence-electron chi connectivity index (χ0n) is 35.2. The van der Waals surface area contributed by atoms with Crippen LogP contribution in [-0.4, -0.2) is 38.1 Å². The maximum Gasteiger partial charge on any atom is 2.00 e. The molecule has 0 fully saturated rings. The third-order valence-electron chi connectivity index (χ3n) is 7.45. The summed E-state index contributed by atoms with van der Waals surface area (Å²) in [5.74, 6) is 0. The molecule has 6 aromatic rings. The van der Waals surface area contributed by atoms with Crippen molar-refractivity contribution in [3.63, 3.8) is 0 Å². The van der Waals surface area contributed by atoms with Gasteiger partial charge in [-0.3, -0.25) is 0 Å². The molecule has 57 heavy (non-hydrogen) atoms. The molecule has 9 heteroatoms. The molecular formula is C48H64FeN3NbP4+3. The maximum atomic E-state index is 4.92. The van der Waals surface area contributed by atoms with E-state index in [9.17, 15) is 0 Å². The summed E-state index contributed by atoms with van der Waals surface area (Å²) in [6.45, 7) is 19.7. The molecule has 0 bridgehead atoms. The van der Waals surface area contributed by atoms with Gasteiger partial charge in [0.1, 0.15) is 0 Å². The largest absolute Gasteiger partial charge is 2.00 e. The van der Waals surface area contributed by atoms with Gasteiger partial charge in [-0.1, -0.05) is 151 Å². The molecule has 0 aliphatic carbocycles. The van der Waals surface area contributed by atoms with Gasteiger partial charge in [-0.2, -0.15) is 0 Å². The van der Waals surface area contributed by atoms with Crippen molar-refractivity contribution in [1.82, 2.24) is 0 Å². The first-order valence-corrected chi connectivity index (χ1v) is 26.7. The van der Waals surface area contributed by atoms with Crippen LogP contribution in [0.15, 0.2) is 182 Å². The summed E-state index contributed by atoms with van der Waals surface area (Å²) in [5.41, 5.74) is 0. The molecule has 1 radical (unpaired) electrons. The molecule has 6 aromatic carbocycles. The summed E-state index contributed by atoms with van der Waals surface area (Å²) < 4.78 is 0. The number of nitrogens with zero attached hydrogens (tertiary/aromatic N) is 3. The molecule has 0 N–H and O–H groups in total. The molecule has 0 saturated carbocycles. The molecule has 6 rings (SSSR count). The van der Waals surface area contributed by atoms with Crippen LogP contribution in [0.3, 0.4) is 0 Å². The first-order valence-electron chi connectivity index (χ1n) is 19.4. The average Bonchev–Trinajstić information content (AvgIpc) is 3.20. The Bertz CT molecular complexity index is 1480. The normalized spacial score (nSPS) is 10.5. The van der Waals surface area contributed by atoms with Crippen LogP contribution in [-0.2, 0) is 39.4 Å². The van der Waals surface area contributed by atoms with Gasteiger partial charge in [0, 0.05) is 42.4 Å². The Balaban J connectivity index is 0.000000401. The van der Waals surface area contributed by atoms with Crippen molar-refractivity contribution >= 4 is 64.0 Å². The minimum Gasteiger partial charge on any atom is -0.481 e. The summed E-state index contributed by atoms with van der Waals surface area (Å²) in [5, 5.41) is 22.9. The summed E-state index contributed by atoms with van der Waals surface area (Å²) >= 11 is 0. The van der Waals surface area contributed by atoms with Gasteiger partial charge in [-0.05, 0) is 105 Å². The quantitative estimate of drug-likeness (QED) is 0.0867. The van der Waals surface area contributed by atoms with Crippen molar-refractivity contribution in [1.29, 1.82) is 0 Å². The predicted octanol–water partition coefficient (Wildman–Crippen LogP) is 11.7. The molecule has 0 unspecified atom stereocenters. The Hall–Kier alpha value is -1.82. The number of rotatable bonds is 12. The Labute approximate surface area is 377 Å². The predicted molar refractivity (Wildman–Crippen MR) is 263 cm³/mol. The third-order valence-corrected chi connectivity index (χ3v) is 15.1. The molecular weight excluding hydrogens is 891 g/mol. The van der Waals surface area contributed by atoms with E-state index >= 15 is 0 Å². The molecule has 0 aliphatic heterocycles. The molecule has 0 aliphatic rings. The van der Waals surface area contributed by atoms with Gasteiger partial charge in [0.05, 0.1) is 31.8 Å². The molecule has 301 valence electrons. The standard InChI is InChI=1S/3C15H18NP.C3H9P.Fe.Nb/c3*1-13(2)16-17(14-9-5-3-6-10-14)15-11-7-4-8-12-15;1-4(2)3;;/h3*3-13,17H,1-2H3;1-3H3;;/q;;;;+2;/p+1. The van der Waals surface area contributed by atoms with E-state index in [1.807, 2.05) is 0 Å². The van der Waals surface area contributed by atoms with E-state index in [0.717, 1.165) is 0 Å². The van der Waals surface area contributed by atoms with Crippen molar-refractivity contribution in [2.24, 2.45) is 0 Å². The third kappa shape index (κ3) is 21.8. The van der Waals surface area contributed by atoms with E-state index in [4.69, 9.17) is 15.3 Å². The van der Waals surface area contributed by atoms with Crippen molar-refractivity contribution in [2.45, 2.75) is 59.7 Å². The van der Waals surface area contributed by atoms with E-state index in [0.29, 0.717) is 18.1 Å². The average molecular weight is 956 g/mol. The number of benzene rings is 6. The Morgan fingerprint density at radius 2 is 0.421 bits per heavy atom. The topological polar surface area (TPSA) is 42.3 Å². The van der Waals surface area contributed by atoms with Crippen LogP contribution >= 0.6 is 32.1 Å². The molecule has 0 atom stereocenters. The van der Waals surface area contributed by atoms with Crippen molar-refractivity contribution < 1.29 is 39.4 Å². The van der Waals surface area contributed by atoms with Gasteiger partial charge >= 0.3 is 17.1 Å². The SMILES string of the molecule is CC(C)[N-][PH+](c1ccccc1)c1ccccc1.CC(C)[N-][PH+](c1ccccc1)c1ccccc1.CC(C)[N-][PH+](c1ccccc1)c1ccccc1.C[PH+](C)C.[Fe+2].[Nb]. The van der Waals surface area contributed by atoms with Crippen LogP contribution in [0, 0.1) is 0 Å². The maximum absolute atomic E-state index is 4.92. The second kappa shape index (κ2) is 31.1. The molecule has 0 aromatic heterocycles. The Kier molecular flexibility index (Phi) is 29.0. The van der Waals surface area contributed by atoms with E-state index in [1.54, 1.807) is 0 Å². The molecule has 0 spiro atoms. The van der Waals surface area contributed by atoms with Crippen LogP contribution in [0.25, 0.3) is 15.3 Å². The Morgan fingerprint density at radius 3 is 0.526 bits per heavy atom. The number of hydrogen-bond acceptors (Lipinski definition) is 0. The van der Waals surface area contributed by atoms with E-state index in [-0.39, 0.29) is 47.4 Å². The second-order valence-electron chi connectivity index (χ2n) is 14.4. The van der Waals surface area contributed by atoms with E-state index < -0.39 is 24.2 Å². The van der Waals surface area contributed by atoms with Gasteiger partial charge in [-0.25, -0.2) is 0 Å². The molecule has 3 nitrogen and oxygen atoms in total. The zero-order valence-corrected chi connectivity index (χ0v) is 42.5. The van der Waals surface area contributed by atoms with Crippen molar-refractivity contribution in [2.75, 3.05) is 20.0 Å². The molecule has 0 amide bonds. The van der Waals surface area contributed by atoms with Gasteiger partial charge in [0.15, 0.2) is 0 Å². The van der Waals surface area contributed by atoms with Crippen LogP contribution in [0.4, 0.5) is 0 Å². The van der Waals surface area contributed by atoms with Crippen LogP contribution in [0.1, 0.15) is 41.5 Å². The summed E-state index contributed by atoms with van der Waals surface area (Å²) in [6.07, 6.45) is 0. The molecule has 0 saturated heterocycles. The van der Waals surface area contributed by atoms with Crippen molar-refractivity contribution in [3.05, 3.63) is 197 Å². The van der Waals surface area contributed by atoms with E-state index in [1.165, 1.54) is 31.8 Å². The first kappa shape index (κ1) is 53.2. The van der Waals surface area contributed by atoms with Gasteiger partial charge in [0.2, 0.25) is 0 Å². The van der Waals surface area contributed by atoms with Crippen LogP contribution < -0.4 is 31.8 Å². The smallest absolute Gasteiger partial charge is 0.481 e. The van der Waals surface area contributed by atoms with Crippen LogP contribution in [0.5, 0.6) is 0 Å². The summed E-state index contributed by atoms with van der Waals surface area (Å²) in [6, 6.07) is 64.9. The van der Waals surface area contributed by atoms with E-state index in [2.05, 4.69) is 244 Å². The Morgan fingerprint density at radius 1 is 0.298 bits per heavy atom. The van der Waals surface area contributed by atoms with Gasteiger partial charge in [-0.15, -0.1) is 18.1 Å². The fourth-order valence-electron chi connectivity index (χ4n) is 5.30. The first-order chi connectivity index (χ1) is 26.5. The van der Waals surface area contributed by atoms with Gasteiger partial charge < -0.3 is 15.3 Å². The number of hydrogen-bond donors (Lipinski definition) is 0. The van der Waals surface area contributed by atoms with Crippen LogP contribution in [0.2, 0.25) is 0 Å². The monoisotopic (exact) mass is 955 g/mol. The minimum absolute atomic E-state index is 0. The fourth-order valence-corrected chi connectivity index (χ4v) is 11.8. The molecule has 0 heterocycles.